The molecule has 0 aliphatic heterocycles. The van der Waals surface area contributed by atoms with E-state index >= 15 is 0 Å². The number of aromatic amines is 1. The van der Waals surface area contributed by atoms with E-state index in [4.69, 9.17) is 10.5 Å². The molecule has 0 spiro atoms. The Bertz CT molecular complexity index is 740. The van der Waals surface area contributed by atoms with Crippen LogP contribution in [0.2, 0.25) is 0 Å². The lowest BCUT2D eigenvalue weighted by atomic mass is 10.3. The first-order valence-electron chi connectivity index (χ1n) is 5.22. The van der Waals surface area contributed by atoms with Crippen molar-refractivity contribution in [2.45, 2.75) is 0 Å². The normalized spacial score (nSPS) is 10.8. The standard InChI is InChI=1S/C11H7BrFN5O/c12-5-1-6(13)3-7(2-5)19-10-8-9(16-4-15-8)17-11(14)18-10/h1-4H,(H3,14,15,16,17,18). The van der Waals surface area contributed by atoms with E-state index < -0.39 is 5.82 Å². The number of hydrogen-bond donors (Lipinski definition) is 2. The second kappa shape index (κ2) is 4.47. The summed E-state index contributed by atoms with van der Waals surface area (Å²) in [7, 11) is 0. The Morgan fingerprint density at radius 3 is 2.89 bits per heavy atom. The number of nitrogen functional groups attached to an aromatic ring is 1. The lowest BCUT2D eigenvalue weighted by molar-refractivity contribution is 0.462. The Balaban J connectivity index is 2.07. The van der Waals surface area contributed by atoms with E-state index in [0.717, 1.165) is 0 Å². The van der Waals surface area contributed by atoms with E-state index in [1.54, 1.807) is 6.07 Å². The molecule has 3 rings (SSSR count). The number of H-pyrrole nitrogens is 1. The first-order chi connectivity index (χ1) is 9.11. The summed E-state index contributed by atoms with van der Waals surface area (Å²) in [5.74, 6) is 0.0932. The topological polar surface area (TPSA) is 89.7 Å². The van der Waals surface area contributed by atoms with Crippen LogP contribution in [0, 0.1) is 5.82 Å². The number of aromatic nitrogens is 4. The number of imidazole rings is 1. The number of nitrogens with zero attached hydrogens (tertiary/aromatic N) is 3. The summed E-state index contributed by atoms with van der Waals surface area (Å²) in [6.45, 7) is 0. The van der Waals surface area contributed by atoms with Crippen LogP contribution in [-0.4, -0.2) is 19.9 Å². The molecule has 0 aliphatic carbocycles. The number of nitrogens with one attached hydrogen (secondary N) is 1. The van der Waals surface area contributed by atoms with Crippen LogP contribution < -0.4 is 10.5 Å². The van der Waals surface area contributed by atoms with Crippen LogP contribution in [0.5, 0.6) is 11.6 Å². The number of halogens is 2. The highest BCUT2D eigenvalue weighted by Gasteiger charge is 2.11. The fourth-order valence-electron chi connectivity index (χ4n) is 1.60. The average Bonchev–Trinajstić information content (AvgIpc) is 2.75. The number of rotatable bonds is 2. The molecule has 0 saturated heterocycles. The molecule has 0 amide bonds. The molecule has 0 atom stereocenters. The van der Waals surface area contributed by atoms with E-state index in [1.807, 2.05) is 0 Å². The Morgan fingerprint density at radius 2 is 2.11 bits per heavy atom. The smallest absolute Gasteiger partial charge is 0.250 e. The summed E-state index contributed by atoms with van der Waals surface area (Å²) in [5.41, 5.74) is 6.44. The Hall–Kier alpha value is -2.22. The van der Waals surface area contributed by atoms with Gasteiger partial charge in [-0.1, -0.05) is 15.9 Å². The van der Waals surface area contributed by atoms with Gasteiger partial charge in [-0.2, -0.15) is 9.97 Å². The van der Waals surface area contributed by atoms with Crippen molar-refractivity contribution in [2.75, 3.05) is 5.73 Å². The summed E-state index contributed by atoms with van der Waals surface area (Å²) in [6.07, 6.45) is 1.45. The van der Waals surface area contributed by atoms with E-state index in [0.29, 0.717) is 21.4 Å². The minimum atomic E-state index is -0.424. The highest BCUT2D eigenvalue weighted by Crippen LogP contribution is 2.28. The number of nitrogens with two attached hydrogens (primary N) is 1. The first kappa shape index (κ1) is 11.8. The highest BCUT2D eigenvalue weighted by atomic mass is 79.9. The number of fused-ring (bicyclic) bond motifs is 1. The van der Waals surface area contributed by atoms with Gasteiger partial charge in [0.15, 0.2) is 5.65 Å². The molecule has 0 saturated carbocycles. The number of hydrogen-bond acceptors (Lipinski definition) is 5. The molecule has 19 heavy (non-hydrogen) atoms. The Kier molecular flexibility index (Phi) is 2.79. The zero-order valence-electron chi connectivity index (χ0n) is 9.39. The Labute approximate surface area is 115 Å². The third-order valence-corrected chi connectivity index (χ3v) is 2.78. The van der Waals surface area contributed by atoms with Crippen LogP contribution in [0.15, 0.2) is 29.0 Å². The second-order valence-electron chi connectivity index (χ2n) is 3.70. The van der Waals surface area contributed by atoms with Gasteiger partial charge in [-0.05, 0) is 12.1 Å². The molecule has 8 heteroatoms. The van der Waals surface area contributed by atoms with Crippen LogP contribution in [-0.2, 0) is 0 Å². The van der Waals surface area contributed by atoms with Gasteiger partial charge in [0, 0.05) is 10.5 Å². The summed E-state index contributed by atoms with van der Waals surface area (Å²) in [6, 6.07) is 4.18. The molecule has 2 aromatic heterocycles. The quantitative estimate of drug-likeness (QED) is 0.756. The van der Waals surface area contributed by atoms with Gasteiger partial charge in [-0.25, -0.2) is 9.37 Å². The van der Waals surface area contributed by atoms with Gasteiger partial charge in [0.2, 0.25) is 5.95 Å². The van der Waals surface area contributed by atoms with Gasteiger partial charge in [-0.3, -0.25) is 0 Å². The second-order valence-corrected chi connectivity index (χ2v) is 4.61. The molecule has 3 aromatic rings. The van der Waals surface area contributed by atoms with E-state index in [-0.39, 0.29) is 11.8 Å². The van der Waals surface area contributed by atoms with Crippen molar-refractivity contribution in [3.05, 3.63) is 34.8 Å². The number of anilines is 1. The first-order valence-corrected chi connectivity index (χ1v) is 6.01. The minimum absolute atomic E-state index is 0.0325. The van der Waals surface area contributed by atoms with Crippen LogP contribution in [0.25, 0.3) is 11.2 Å². The predicted octanol–water partition coefficient (Wildman–Crippen LogP) is 2.63. The summed E-state index contributed by atoms with van der Waals surface area (Å²) in [5, 5.41) is 0. The highest BCUT2D eigenvalue weighted by molar-refractivity contribution is 9.10. The van der Waals surface area contributed by atoms with Crippen molar-refractivity contribution >= 4 is 33.0 Å². The van der Waals surface area contributed by atoms with E-state index in [1.165, 1.54) is 18.5 Å². The summed E-state index contributed by atoms with van der Waals surface area (Å²) in [4.78, 5) is 14.7. The molecule has 0 aliphatic rings. The van der Waals surface area contributed by atoms with Gasteiger partial charge in [0.1, 0.15) is 17.1 Å². The van der Waals surface area contributed by atoms with Crippen molar-refractivity contribution in [3.8, 4) is 11.6 Å². The summed E-state index contributed by atoms with van der Waals surface area (Å²) < 4.78 is 19.4. The zero-order chi connectivity index (χ0) is 13.4. The van der Waals surface area contributed by atoms with Crippen LogP contribution in [0.4, 0.5) is 10.3 Å². The third-order valence-electron chi connectivity index (χ3n) is 2.32. The van der Waals surface area contributed by atoms with Gasteiger partial charge in [0.25, 0.3) is 5.88 Å². The van der Waals surface area contributed by atoms with Crippen molar-refractivity contribution in [3.63, 3.8) is 0 Å². The average molecular weight is 324 g/mol. The maximum absolute atomic E-state index is 13.3. The van der Waals surface area contributed by atoms with Crippen molar-refractivity contribution < 1.29 is 9.13 Å². The van der Waals surface area contributed by atoms with Gasteiger partial charge in [-0.15, -0.1) is 0 Å². The fourth-order valence-corrected chi connectivity index (χ4v) is 2.04. The zero-order valence-corrected chi connectivity index (χ0v) is 11.0. The van der Waals surface area contributed by atoms with Crippen LogP contribution >= 0.6 is 15.9 Å². The molecule has 0 radical (unpaired) electrons. The monoisotopic (exact) mass is 323 g/mol. The molecule has 3 N–H and O–H groups in total. The van der Waals surface area contributed by atoms with E-state index in [2.05, 4.69) is 35.9 Å². The molecule has 1 aromatic carbocycles. The maximum Gasteiger partial charge on any atom is 0.250 e. The third kappa shape index (κ3) is 2.34. The largest absolute Gasteiger partial charge is 0.437 e. The SMILES string of the molecule is Nc1nc(Oc2cc(F)cc(Br)c2)c2[nH]cnc2n1. The molecule has 0 bridgehead atoms. The number of ether oxygens (including phenoxy) is 1. The Morgan fingerprint density at radius 1 is 1.26 bits per heavy atom. The molecule has 2 heterocycles. The lowest BCUT2D eigenvalue weighted by Gasteiger charge is -2.06. The van der Waals surface area contributed by atoms with Crippen molar-refractivity contribution in [1.82, 2.24) is 19.9 Å². The molecular weight excluding hydrogens is 317 g/mol. The van der Waals surface area contributed by atoms with E-state index in [9.17, 15) is 4.39 Å². The van der Waals surface area contributed by atoms with Crippen LogP contribution in [0.1, 0.15) is 0 Å². The number of benzene rings is 1. The predicted molar refractivity (Wildman–Crippen MR) is 70.3 cm³/mol. The molecular formula is C11H7BrFN5O. The van der Waals surface area contributed by atoms with Crippen LogP contribution in [0.3, 0.4) is 0 Å². The molecule has 0 unspecified atom stereocenters. The molecule has 96 valence electrons. The molecule has 6 nitrogen and oxygen atoms in total. The minimum Gasteiger partial charge on any atom is -0.437 e. The molecule has 0 fully saturated rings. The van der Waals surface area contributed by atoms with Gasteiger partial charge >= 0.3 is 0 Å². The van der Waals surface area contributed by atoms with Crippen molar-refractivity contribution in [1.29, 1.82) is 0 Å². The fraction of sp³-hybridized carbons (Fsp3) is 0. The van der Waals surface area contributed by atoms with Gasteiger partial charge < -0.3 is 15.5 Å². The van der Waals surface area contributed by atoms with Gasteiger partial charge in [0.05, 0.1) is 6.33 Å². The maximum atomic E-state index is 13.3. The summed E-state index contributed by atoms with van der Waals surface area (Å²) >= 11 is 3.19. The lowest BCUT2D eigenvalue weighted by Crippen LogP contribution is -1.98. The van der Waals surface area contributed by atoms with Crippen molar-refractivity contribution in [2.24, 2.45) is 0 Å².